The van der Waals surface area contributed by atoms with E-state index in [2.05, 4.69) is 22.5 Å². The summed E-state index contributed by atoms with van der Waals surface area (Å²) in [5, 5.41) is 5.49. The molecular weight excluding hydrogens is 233 g/mol. The van der Waals surface area contributed by atoms with Crippen LogP contribution in [0.25, 0.3) is 0 Å². The van der Waals surface area contributed by atoms with Crippen LogP contribution in [-0.4, -0.2) is 24.0 Å². The van der Waals surface area contributed by atoms with Gasteiger partial charge in [0.25, 0.3) is 5.91 Å². The molecule has 0 saturated heterocycles. The Morgan fingerprint density at radius 3 is 2.83 bits per heavy atom. The van der Waals surface area contributed by atoms with E-state index in [1.165, 1.54) is 12.3 Å². The third kappa shape index (κ3) is 3.98. The lowest BCUT2D eigenvalue weighted by Gasteiger charge is -2.08. The molecule has 0 unspecified atom stereocenters. The molecule has 18 heavy (non-hydrogen) atoms. The first-order valence-corrected chi connectivity index (χ1v) is 6.37. The fourth-order valence-corrected chi connectivity index (χ4v) is 1.58. The van der Waals surface area contributed by atoms with Crippen molar-refractivity contribution in [3.05, 3.63) is 23.6 Å². The molecule has 0 bridgehead atoms. The predicted molar refractivity (Wildman–Crippen MR) is 70.2 cm³/mol. The molecule has 0 spiro atoms. The van der Waals surface area contributed by atoms with Gasteiger partial charge in [0.1, 0.15) is 0 Å². The van der Waals surface area contributed by atoms with E-state index >= 15 is 0 Å². The van der Waals surface area contributed by atoms with Gasteiger partial charge in [-0.3, -0.25) is 4.79 Å². The number of halogens is 1. The molecule has 2 N–H and O–H groups in total. The Balaban J connectivity index is 2.64. The van der Waals surface area contributed by atoms with E-state index in [0.29, 0.717) is 13.1 Å². The van der Waals surface area contributed by atoms with E-state index in [-0.39, 0.29) is 17.3 Å². The molecule has 1 aromatic rings. The van der Waals surface area contributed by atoms with Gasteiger partial charge in [-0.25, -0.2) is 9.37 Å². The number of anilines is 1. The van der Waals surface area contributed by atoms with Gasteiger partial charge in [-0.15, -0.1) is 0 Å². The second-order valence-corrected chi connectivity index (χ2v) is 4.01. The van der Waals surface area contributed by atoms with Crippen molar-refractivity contribution < 1.29 is 9.18 Å². The number of nitrogens with zero attached hydrogens (tertiary/aromatic N) is 1. The molecule has 1 heterocycles. The van der Waals surface area contributed by atoms with Crippen LogP contribution in [0.5, 0.6) is 0 Å². The zero-order chi connectivity index (χ0) is 13.4. The quantitative estimate of drug-likeness (QED) is 0.734. The number of amides is 1. The Labute approximate surface area is 107 Å². The van der Waals surface area contributed by atoms with Crippen molar-refractivity contribution in [2.24, 2.45) is 0 Å². The van der Waals surface area contributed by atoms with Crippen molar-refractivity contribution in [3.63, 3.8) is 0 Å². The fraction of sp³-hybridized carbons (Fsp3) is 0.538. The van der Waals surface area contributed by atoms with Gasteiger partial charge in [0.2, 0.25) is 0 Å². The van der Waals surface area contributed by atoms with E-state index in [1.54, 1.807) is 0 Å². The number of hydrogen-bond acceptors (Lipinski definition) is 3. The molecule has 0 aliphatic heterocycles. The van der Waals surface area contributed by atoms with Crippen molar-refractivity contribution in [1.29, 1.82) is 0 Å². The summed E-state index contributed by atoms with van der Waals surface area (Å²) in [6.45, 7) is 5.07. The molecule has 0 radical (unpaired) electrons. The van der Waals surface area contributed by atoms with Gasteiger partial charge in [0.15, 0.2) is 11.6 Å². The number of carbonyl (C=O) groups excluding carboxylic acids is 1. The molecule has 1 amide bonds. The molecular formula is C13H20FN3O. The summed E-state index contributed by atoms with van der Waals surface area (Å²) in [6.07, 6.45) is 4.49. The Morgan fingerprint density at radius 2 is 2.17 bits per heavy atom. The van der Waals surface area contributed by atoms with Crippen LogP contribution < -0.4 is 10.6 Å². The highest BCUT2D eigenvalue weighted by Gasteiger charge is 2.14. The van der Waals surface area contributed by atoms with Crippen molar-refractivity contribution in [2.45, 2.75) is 33.1 Å². The SMILES string of the molecule is CCCCCNC(=O)c1ccnc(NCC)c1F. The first kappa shape index (κ1) is 14.4. The number of carbonyl (C=O) groups is 1. The van der Waals surface area contributed by atoms with Crippen molar-refractivity contribution in [2.75, 3.05) is 18.4 Å². The monoisotopic (exact) mass is 253 g/mol. The first-order valence-electron chi connectivity index (χ1n) is 6.37. The van der Waals surface area contributed by atoms with E-state index < -0.39 is 5.82 Å². The summed E-state index contributed by atoms with van der Waals surface area (Å²) in [7, 11) is 0. The van der Waals surface area contributed by atoms with Gasteiger partial charge in [-0.05, 0) is 19.4 Å². The standard InChI is InChI=1S/C13H20FN3O/c1-3-5-6-8-17-13(18)10-7-9-16-12(11(10)14)15-4-2/h7,9H,3-6,8H2,1-2H3,(H,15,16)(H,17,18). The second kappa shape index (κ2) is 7.63. The number of nitrogens with one attached hydrogen (secondary N) is 2. The van der Waals surface area contributed by atoms with E-state index in [9.17, 15) is 9.18 Å². The van der Waals surface area contributed by atoms with Crippen LogP contribution in [-0.2, 0) is 0 Å². The molecule has 1 aromatic heterocycles. The van der Waals surface area contributed by atoms with E-state index in [0.717, 1.165) is 19.3 Å². The van der Waals surface area contributed by atoms with Crippen LogP contribution in [0.1, 0.15) is 43.5 Å². The number of hydrogen-bond donors (Lipinski definition) is 2. The molecule has 0 aliphatic rings. The molecule has 0 atom stereocenters. The molecule has 0 aromatic carbocycles. The van der Waals surface area contributed by atoms with Gasteiger partial charge in [0.05, 0.1) is 5.56 Å². The first-order chi connectivity index (χ1) is 8.70. The van der Waals surface area contributed by atoms with Crippen LogP contribution in [0.3, 0.4) is 0 Å². The minimum atomic E-state index is -0.590. The number of aromatic nitrogens is 1. The summed E-state index contributed by atoms with van der Waals surface area (Å²) in [6, 6.07) is 1.39. The predicted octanol–water partition coefficient (Wildman–Crippen LogP) is 2.57. The third-order valence-electron chi connectivity index (χ3n) is 2.54. The topological polar surface area (TPSA) is 54.0 Å². The number of pyridine rings is 1. The second-order valence-electron chi connectivity index (χ2n) is 4.01. The van der Waals surface area contributed by atoms with Gasteiger partial charge < -0.3 is 10.6 Å². The van der Waals surface area contributed by atoms with Crippen LogP contribution in [0.15, 0.2) is 12.3 Å². The van der Waals surface area contributed by atoms with Crippen LogP contribution >= 0.6 is 0 Å². The largest absolute Gasteiger partial charge is 0.368 e. The maximum Gasteiger partial charge on any atom is 0.254 e. The highest BCUT2D eigenvalue weighted by atomic mass is 19.1. The van der Waals surface area contributed by atoms with Crippen molar-refractivity contribution in [3.8, 4) is 0 Å². The Bertz CT molecular complexity index is 396. The summed E-state index contributed by atoms with van der Waals surface area (Å²) in [5.74, 6) is -0.851. The van der Waals surface area contributed by atoms with E-state index in [4.69, 9.17) is 0 Å². The van der Waals surface area contributed by atoms with E-state index in [1.807, 2.05) is 6.92 Å². The lowest BCUT2D eigenvalue weighted by molar-refractivity contribution is 0.0949. The maximum atomic E-state index is 13.9. The maximum absolute atomic E-state index is 13.9. The molecule has 0 aliphatic carbocycles. The summed E-state index contributed by atoms with van der Waals surface area (Å²) in [4.78, 5) is 15.6. The summed E-state index contributed by atoms with van der Waals surface area (Å²) >= 11 is 0. The number of unbranched alkanes of at least 4 members (excludes halogenated alkanes) is 2. The Morgan fingerprint density at radius 1 is 1.39 bits per heavy atom. The lowest BCUT2D eigenvalue weighted by Crippen LogP contribution is -2.25. The minimum absolute atomic E-state index is 0.0393. The highest BCUT2D eigenvalue weighted by Crippen LogP contribution is 2.14. The summed E-state index contributed by atoms with van der Waals surface area (Å²) < 4.78 is 13.9. The average Bonchev–Trinajstić information content (AvgIpc) is 2.37. The number of rotatable bonds is 7. The van der Waals surface area contributed by atoms with Crippen LogP contribution in [0.4, 0.5) is 10.2 Å². The molecule has 5 heteroatoms. The fourth-order valence-electron chi connectivity index (χ4n) is 1.58. The van der Waals surface area contributed by atoms with Gasteiger partial charge in [-0.1, -0.05) is 19.8 Å². The molecule has 1 rings (SSSR count). The Kier molecular flexibility index (Phi) is 6.11. The van der Waals surface area contributed by atoms with Crippen molar-refractivity contribution in [1.82, 2.24) is 10.3 Å². The smallest absolute Gasteiger partial charge is 0.254 e. The molecule has 100 valence electrons. The molecule has 0 fully saturated rings. The van der Waals surface area contributed by atoms with Crippen LogP contribution in [0, 0.1) is 5.82 Å². The lowest BCUT2D eigenvalue weighted by atomic mass is 10.2. The van der Waals surface area contributed by atoms with Crippen LogP contribution in [0.2, 0.25) is 0 Å². The van der Waals surface area contributed by atoms with Gasteiger partial charge >= 0.3 is 0 Å². The highest BCUT2D eigenvalue weighted by molar-refractivity contribution is 5.95. The zero-order valence-electron chi connectivity index (χ0n) is 10.9. The minimum Gasteiger partial charge on any atom is -0.368 e. The van der Waals surface area contributed by atoms with Gasteiger partial charge in [-0.2, -0.15) is 0 Å². The average molecular weight is 253 g/mol. The van der Waals surface area contributed by atoms with Gasteiger partial charge in [0, 0.05) is 19.3 Å². The summed E-state index contributed by atoms with van der Waals surface area (Å²) in [5.41, 5.74) is 0.0393. The molecule has 4 nitrogen and oxygen atoms in total. The Hall–Kier alpha value is -1.65. The third-order valence-corrected chi connectivity index (χ3v) is 2.54. The normalized spacial score (nSPS) is 10.2. The molecule has 0 saturated carbocycles. The van der Waals surface area contributed by atoms with Crippen molar-refractivity contribution >= 4 is 11.7 Å². The zero-order valence-corrected chi connectivity index (χ0v) is 10.9.